The van der Waals surface area contributed by atoms with Gasteiger partial charge in [-0.2, -0.15) is 5.21 Å². The molecule has 0 aromatic carbocycles. The Labute approximate surface area is 99.0 Å². The molecule has 1 aliphatic rings. The molecular weight excluding hydrogens is 232 g/mol. The third-order valence-electron chi connectivity index (χ3n) is 2.79. The van der Waals surface area contributed by atoms with E-state index in [0.717, 1.165) is 25.7 Å². The summed E-state index contributed by atoms with van der Waals surface area (Å²) < 4.78 is 0. The summed E-state index contributed by atoms with van der Waals surface area (Å²) in [6, 6.07) is 0. The first-order valence-electron chi connectivity index (χ1n) is 5.02. The quantitative estimate of drug-likeness (QED) is 0.664. The molecule has 0 aliphatic heterocycles. The number of tetrazole rings is 1. The maximum absolute atomic E-state index is 11.3. The summed E-state index contributed by atoms with van der Waals surface area (Å²) in [6.07, 6.45) is 3.80. The second-order valence-corrected chi connectivity index (χ2v) is 3.78. The van der Waals surface area contributed by atoms with Gasteiger partial charge in [-0.15, -0.1) is 22.6 Å². The van der Waals surface area contributed by atoms with Crippen LogP contribution in [-0.4, -0.2) is 33.1 Å². The van der Waals surface area contributed by atoms with Gasteiger partial charge in [-0.1, -0.05) is 18.1 Å². The van der Waals surface area contributed by atoms with Gasteiger partial charge in [0.1, 0.15) is 5.54 Å². The van der Waals surface area contributed by atoms with Gasteiger partial charge >= 0.3 is 0 Å². The summed E-state index contributed by atoms with van der Waals surface area (Å²) in [5.74, 6) is 0.378. The van der Waals surface area contributed by atoms with Crippen LogP contribution in [-0.2, 0) is 10.3 Å². The number of aromatic amines is 1. The Bertz CT molecular complexity index is 334. The summed E-state index contributed by atoms with van der Waals surface area (Å²) in [5.41, 5.74) is 4.83. The molecule has 1 heterocycles. The van der Waals surface area contributed by atoms with Gasteiger partial charge in [0.15, 0.2) is 5.82 Å². The van der Waals surface area contributed by atoms with Crippen molar-refractivity contribution < 1.29 is 4.79 Å². The van der Waals surface area contributed by atoms with Crippen LogP contribution in [0.2, 0.25) is 0 Å². The second-order valence-electron chi connectivity index (χ2n) is 3.78. The number of hydrogen-bond donors (Lipinski definition) is 3. The maximum Gasteiger partial charge on any atom is 0.234 e. The first-order chi connectivity index (χ1) is 7.27. The molecular formula is C8H15ClN6O. The van der Waals surface area contributed by atoms with Crippen LogP contribution in [0, 0.1) is 0 Å². The Morgan fingerprint density at radius 3 is 2.69 bits per heavy atom. The van der Waals surface area contributed by atoms with Gasteiger partial charge in [-0.25, -0.2) is 0 Å². The first-order valence-corrected chi connectivity index (χ1v) is 5.02. The van der Waals surface area contributed by atoms with Crippen LogP contribution in [0.25, 0.3) is 0 Å². The highest BCUT2D eigenvalue weighted by Crippen LogP contribution is 2.36. The van der Waals surface area contributed by atoms with E-state index in [9.17, 15) is 4.79 Å². The number of nitrogens with one attached hydrogen (secondary N) is 2. The molecule has 8 heteroatoms. The zero-order valence-corrected chi connectivity index (χ0v) is 9.59. The van der Waals surface area contributed by atoms with E-state index in [1.807, 2.05) is 0 Å². The zero-order valence-electron chi connectivity index (χ0n) is 8.77. The van der Waals surface area contributed by atoms with Crippen molar-refractivity contribution in [1.29, 1.82) is 0 Å². The predicted octanol–water partition coefficient (Wildman–Crippen LogP) is -0.534. The standard InChI is InChI=1S/C8H14N6O.ClH/c9-5-6(15)10-8(3-1-2-4-8)7-11-13-14-12-7;/h1-5,9H2,(H,10,15)(H,11,12,13,14);1H. The lowest BCUT2D eigenvalue weighted by atomic mass is 9.96. The minimum atomic E-state index is -0.455. The second kappa shape index (κ2) is 5.22. The minimum absolute atomic E-state index is 0. The summed E-state index contributed by atoms with van der Waals surface area (Å²) in [7, 11) is 0. The number of nitrogens with zero attached hydrogens (tertiary/aromatic N) is 3. The van der Waals surface area contributed by atoms with Crippen LogP contribution in [0.5, 0.6) is 0 Å². The average Bonchev–Trinajstić information content (AvgIpc) is 2.87. The lowest BCUT2D eigenvalue weighted by Gasteiger charge is -2.26. The SMILES string of the molecule is Cl.NCC(=O)NC1(c2nn[nH]n2)CCCC1. The molecule has 1 aromatic heterocycles. The third-order valence-corrected chi connectivity index (χ3v) is 2.79. The van der Waals surface area contributed by atoms with Crippen molar-refractivity contribution >= 4 is 18.3 Å². The lowest BCUT2D eigenvalue weighted by molar-refractivity contribution is -0.121. The van der Waals surface area contributed by atoms with E-state index < -0.39 is 5.54 Å². The third kappa shape index (κ3) is 2.30. The molecule has 1 fully saturated rings. The van der Waals surface area contributed by atoms with E-state index in [2.05, 4.69) is 25.9 Å². The van der Waals surface area contributed by atoms with Crippen LogP contribution in [0.1, 0.15) is 31.5 Å². The van der Waals surface area contributed by atoms with Gasteiger partial charge in [0.05, 0.1) is 6.54 Å². The van der Waals surface area contributed by atoms with Crippen molar-refractivity contribution in [2.45, 2.75) is 31.2 Å². The molecule has 0 saturated heterocycles. The van der Waals surface area contributed by atoms with Gasteiger partial charge in [0, 0.05) is 0 Å². The summed E-state index contributed by atoms with van der Waals surface area (Å²) >= 11 is 0. The average molecular weight is 247 g/mol. The van der Waals surface area contributed by atoms with E-state index in [1.54, 1.807) is 0 Å². The number of aromatic nitrogens is 4. The number of halogens is 1. The van der Waals surface area contributed by atoms with Gasteiger partial charge in [-0.05, 0) is 12.8 Å². The van der Waals surface area contributed by atoms with Gasteiger partial charge in [-0.3, -0.25) is 4.79 Å². The molecule has 2 rings (SSSR count). The molecule has 0 bridgehead atoms. The smallest absolute Gasteiger partial charge is 0.234 e. The molecule has 0 spiro atoms. The van der Waals surface area contributed by atoms with Crippen molar-refractivity contribution in [2.24, 2.45) is 5.73 Å². The van der Waals surface area contributed by atoms with Crippen molar-refractivity contribution in [1.82, 2.24) is 25.9 Å². The minimum Gasteiger partial charge on any atom is -0.342 e. The van der Waals surface area contributed by atoms with Gasteiger partial charge < -0.3 is 11.1 Å². The summed E-state index contributed by atoms with van der Waals surface area (Å²) in [6.45, 7) is -0.0143. The largest absolute Gasteiger partial charge is 0.342 e. The van der Waals surface area contributed by atoms with Crippen LogP contribution < -0.4 is 11.1 Å². The molecule has 90 valence electrons. The molecule has 1 amide bonds. The fourth-order valence-electron chi connectivity index (χ4n) is 2.07. The molecule has 4 N–H and O–H groups in total. The van der Waals surface area contributed by atoms with Crippen LogP contribution in [0.15, 0.2) is 0 Å². The molecule has 7 nitrogen and oxygen atoms in total. The fourth-order valence-corrected chi connectivity index (χ4v) is 2.07. The van der Waals surface area contributed by atoms with E-state index in [-0.39, 0.29) is 24.9 Å². The van der Waals surface area contributed by atoms with Crippen molar-refractivity contribution in [3.63, 3.8) is 0 Å². The molecule has 1 saturated carbocycles. The number of nitrogens with two attached hydrogens (primary N) is 1. The topological polar surface area (TPSA) is 110 Å². The van der Waals surface area contributed by atoms with Crippen molar-refractivity contribution in [3.05, 3.63) is 5.82 Å². The van der Waals surface area contributed by atoms with E-state index in [1.165, 1.54) is 0 Å². The summed E-state index contributed by atoms with van der Waals surface area (Å²) in [5, 5.41) is 16.7. The Hall–Kier alpha value is -1.21. The number of carbonyl (C=O) groups is 1. The van der Waals surface area contributed by atoms with Crippen molar-refractivity contribution in [2.75, 3.05) is 6.54 Å². The molecule has 1 aliphatic carbocycles. The van der Waals surface area contributed by atoms with Crippen LogP contribution in [0.4, 0.5) is 0 Å². The highest BCUT2D eigenvalue weighted by molar-refractivity contribution is 5.85. The molecule has 0 unspecified atom stereocenters. The molecule has 0 atom stereocenters. The van der Waals surface area contributed by atoms with E-state index >= 15 is 0 Å². The number of amides is 1. The Morgan fingerprint density at radius 2 is 2.19 bits per heavy atom. The van der Waals surface area contributed by atoms with E-state index in [4.69, 9.17) is 5.73 Å². The number of carbonyl (C=O) groups excluding carboxylic acids is 1. The molecule has 0 radical (unpaired) electrons. The number of hydrogen-bond acceptors (Lipinski definition) is 5. The molecule has 1 aromatic rings. The Morgan fingerprint density at radius 1 is 1.50 bits per heavy atom. The monoisotopic (exact) mass is 246 g/mol. The maximum atomic E-state index is 11.3. The van der Waals surface area contributed by atoms with Crippen LogP contribution >= 0.6 is 12.4 Å². The van der Waals surface area contributed by atoms with E-state index in [0.29, 0.717) is 5.82 Å². The fraction of sp³-hybridized carbons (Fsp3) is 0.750. The number of rotatable bonds is 3. The van der Waals surface area contributed by atoms with Gasteiger partial charge in [0.2, 0.25) is 5.91 Å². The normalized spacial score (nSPS) is 17.8. The lowest BCUT2D eigenvalue weighted by Crippen LogP contribution is -2.47. The van der Waals surface area contributed by atoms with Crippen molar-refractivity contribution in [3.8, 4) is 0 Å². The van der Waals surface area contributed by atoms with Crippen LogP contribution in [0.3, 0.4) is 0 Å². The predicted molar refractivity (Wildman–Crippen MR) is 58.8 cm³/mol. The highest BCUT2D eigenvalue weighted by Gasteiger charge is 2.40. The Balaban J connectivity index is 0.00000128. The highest BCUT2D eigenvalue weighted by atomic mass is 35.5. The first kappa shape index (κ1) is 12.9. The zero-order chi connectivity index (χ0) is 10.7. The summed E-state index contributed by atoms with van der Waals surface area (Å²) in [4.78, 5) is 11.3. The molecule has 16 heavy (non-hydrogen) atoms. The van der Waals surface area contributed by atoms with Gasteiger partial charge in [0.25, 0.3) is 0 Å². The Kier molecular flexibility index (Phi) is 4.19. The number of H-pyrrole nitrogens is 1.